The molecular weight excluding hydrogens is 386 g/mol. The van der Waals surface area contributed by atoms with Gasteiger partial charge < -0.3 is 10.6 Å². The van der Waals surface area contributed by atoms with Crippen molar-refractivity contribution >= 4 is 28.4 Å². The van der Waals surface area contributed by atoms with E-state index >= 15 is 0 Å². The number of nitro groups is 1. The quantitative estimate of drug-likeness (QED) is 0.400. The molecular formula is C20H19N7O3. The smallest absolute Gasteiger partial charge is 0.269 e. The number of rotatable bonds is 4. The normalized spacial score (nSPS) is 22.5. The molecule has 3 atom stereocenters. The van der Waals surface area contributed by atoms with Crippen LogP contribution in [-0.4, -0.2) is 48.1 Å². The lowest BCUT2D eigenvalue weighted by molar-refractivity contribution is -0.384. The Morgan fingerprint density at radius 1 is 1.23 bits per heavy atom. The molecule has 152 valence electrons. The van der Waals surface area contributed by atoms with Gasteiger partial charge in [0.1, 0.15) is 17.8 Å². The maximum absolute atomic E-state index is 12.3. The molecule has 1 aromatic carbocycles. The van der Waals surface area contributed by atoms with Gasteiger partial charge in [0.05, 0.1) is 22.4 Å². The lowest BCUT2D eigenvalue weighted by atomic mass is 10.1. The van der Waals surface area contributed by atoms with Crippen molar-refractivity contribution in [2.24, 2.45) is 5.92 Å². The first-order valence-corrected chi connectivity index (χ1v) is 9.64. The number of nitrogen functional groups attached to an aromatic ring is 1. The number of carbonyl (C=O) groups excluding carboxylic acids is 1. The monoisotopic (exact) mass is 405 g/mol. The van der Waals surface area contributed by atoms with Crippen LogP contribution >= 0.6 is 0 Å². The summed E-state index contributed by atoms with van der Waals surface area (Å²) in [5.74, 6) is 0.625. The summed E-state index contributed by atoms with van der Waals surface area (Å²) < 4.78 is 1.84. The van der Waals surface area contributed by atoms with Crippen LogP contribution in [0.2, 0.25) is 0 Å². The van der Waals surface area contributed by atoms with Crippen LogP contribution in [0.1, 0.15) is 18.9 Å². The van der Waals surface area contributed by atoms with E-state index in [1.165, 1.54) is 24.5 Å². The average molecular weight is 405 g/mol. The highest BCUT2D eigenvalue weighted by atomic mass is 16.6. The number of nitrogens with two attached hydrogens (primary N) is 1. The standard InChI is InChI=1S/C20H19N7O3/c1-2-16(28)25-9-11-7-14(25)15(8-11)26-20-17(19(21)22-10-23-20)18(24-26)12-3-5-13(6-4-12)27(29)30/h2-6,10-11,14-15H,1,7-9H2,(H2,21,22,23). The summed E-state index contributed by atoms with van der Waals surface area (Å²) in [6.45, 7) is 4.35. The minimum Gasteiger partial charge on any atom is -0.383 e. The molecule has 3 aromatic rings. The van der Waals surface area contributed by atoms with Gasteiger partial charge in [-0.1, -0.05) is 6.58 Å². The number of aromatic nitrogens is 4. The Kier molecular flexibility index (Phi) is 4.02. The summed E-state index contributed by atoms with van der Waals surface area (Å²) in [5, 5.41) is 16.4. The topological polar surface area (TPSA) is 133 Å². The SMILES string of the molecule is C=CC(=O)N1CC2CC1C(n1nc(-c3ccc([N+](=O)[O-])cc3)c3c(N)ncnc31)C2. The number of fused-ring (bicyclic) bond motifs is 3. The minimum absolute atomic E-state index is 0.00149. The number of hydrogen-bond donors (Lipinski definition) is 1. The molecule has 3 heterocycles. The molecule has 1 aliphatic heterocycles. The number of anilines is 1. The van der Waals surface area contributed by atoms with Crippen molar-refractivity contribution in [3.8, 4) is 11.3 Å². The van der Waals surface area contributed by atoms with Crippen LogP contribution < -0.4 is 5.73 Å². The maximum atomic E-state index is 12.3. The zero-order valence-corrected chi connectivity index (χ0v) is 16.0. The number of likely N-dealkylation sites (tertiary alicyclic amines) is 1. The first kappa shape index (κ1) is 18.2. The van der Waals surface area contributed by atoms with E-state index in [0.29, 0.717) is 34.0 Å². The lowest BCUT2D eigenvalue weighted by Crippen LogP contribution is -2.42. The summed E-state index contributed by atoms with van der Waals surface area (Å²) in [6.07, 6.45) is 4.56. The first-order chi connectivity index (χ1) is 14.5. The van der Waals surface area contributed by atoms with Crippen LogP contribution in [0.15, 0.2) is 43.2 Å². The van der Waals surface area contributed by atoms with E-state index in [0.717, 1.165) is 19.4 Å². The molecule has 1 saturated carbocycles. The van der Waals surface area contributed by atoms with E-state index in [4.69, 9.17) is 10.8 Å². The second-order valence-corrected chi connectivity index (χ2v) is 7.72. The van der Waals surface area contributed by atoms with Gasteiger partial charge in [0, 0.05) is 24.2 Å². The molecule has 0 radical (unpaired) electrons. The van der Waals surface area contributed by atoms with Gasteiger partial charge in [0.15, 0.2) is 5.65 Å². The molecule has 2 fully saturated rings. The van der Waals surface area contributed by atoms with Crippen molar-refractivity contribution < 1.29 is 9.72 Å². The lowest BCUT2D eigenvalue weighted by Gasteiger charge is -2.32. The molecule has 1 amide bonds. The Balaban J connectivity index is 1.62. The van der Waals surface area contributed by atoms with Crippen molar-refractivity contribution in [2.75, 3.05) is 12.3 Å². The molecule has 10 nitrogen and oxygen atoms in total. The number of nitrogens with zero attached hydrogens (tertiary/aromatic N) is 6. The van der Waals surface area contributed by atoms with Crippen LogP contribution in [0.5, 0.6) is 0 Å². The molecule has 30 heavy (non-hydrogen) atoms. The Morgan fingerprint density at radius 3 is 2.63 bits per heavy atom. The Bertz CT molecular complexity index is 1190. The Labute approximate surface area is 171 Å². The van der Waals surface area contributed by atoms with Crippen molar-refractivity contribution in [2.45, 2.75) is 24.9 Å². The second-order valence-electron chi connectivity index (χ2n) is 7.72. The molecule has 0 spiro atoms. The molecule has 5 rings (SSSR count). The van der Waals surface area contributed by atoms with Crippen LogP contribution in [0, 0.1) is 16.0 Å². The van der Waals surface area contributed by atoms with E-state index in [-0.39, 0.29) is 23.7 Å². The number of piperidine rings is 1. The van der Waals surface area contributed by atoms with Crippen LogP contribution in [0.4, 0.5) is 11.5 Å². The zero-order chi connectivity index (χ0) is 21.0. The molecule has 1 aliphatic carbocycles. The predicted molar refractivity (Wildman–Crippen MR) is 109 cm³/mol. The highest BCUT2D eigenvalue weighted by molar-refractivity contribution is 5.98. The van der Waals surface area contributed by atoms with Crippen LogP contribution in [0.25, 0.3) is 22.3 Å². The van der Waals surface area contributed by atoms with Crippen molar-refractivity contribution in [3.63, 3.8) is 0 Å². The van der Waals surface area contributed by atoms with Gasteiger partial charge in [-0.15, -0.1) is 0 Å². The zero-order valence-electron chi connectivity index (χ0n) is 16.0. The number of amides is 1. The third-order valence-electron chi connectivity index (χ3n) is 6.09. The molecule has 2 N–H and O–H groups in total. The Morgan fingerprint density at radius 2 is 1.97 bits per heavy atom. The third-order valence-corrected chi connectivity index (χ3v) is 6.09. The number of non-ortho nitro benzene ring substituents is 1. The summed E-state index contributed by atoms with van der Waals surface area (Å²) >= 11 is 0. The fourth-order valence-corrected chi connectivity index (χ4v) is 4.79. The summed E-state index contributed by atoms with van der Waals surface area (Å²) in [5.41, 5.74) is 8.02. The fraction of sp³-hybridized carbons (Fsp3) is 0.300. The van der Waals surface area contributed by atoms with Crippen LogP contribution in [0.3, 0.4) is 0 Å². The Hall–Kier alpha value is -3.82. The van der Waals surface area contributed by atoms with Gasteiger partial charge in [0.25, 0.3) is 5.69 Å². The summed E-state index contributed by atoms with van der Waals surface area (Å²) in [7, 11) is 0. The highest BCUT2D eigenvalue weighted by Gasteiger charge is 2.48. The molecule has 2 aromatic heterocycles. The number of nitro benzene ring substituents is 1. The number of benzene rings is 1. The fourth-order valence-electron chi connectivity index (χ4n) is 4.79. The van der Waals surface area contributed by atoms with Crippen molar-refractivity contribution in [1.82, 2.24) is 24.6 Å². The van der Waals surface area contributed by atoms with Crippen molar-refractivity contribution in [3.05, 3.63) is 53.4 Å². The van der Waals surface area contributed by atoms with Crippen LogP contribution in [-0.2, 0) is 4.79 Å². The highest BCUT2D eigenvalue weighted by Crippen LogP contribution is 2.46. The van der Waals surface area contributed by atoms with Gasteiger partial charge in [-0.25, -0.2) is 14.6 Å². The molecule has 2 bridgehead atoms. The third kappa shape index (κ3) is 2.64. The largest absolute Gasteiger partial charge is 0.383 e. The van der Waals surface area contributed by atoms with Gasteiger partial charge in [-0.2, -0.15) is 5.10 Å². The van der Waals surface area contributed by atoms with E-state index < -0.39 is 4.92 Å². The van der Waals surface area contributed by atoms with Gasteiger partial charge in [-0.05, 0) is 37.0 Å². The summed E-state index contributed by atoms with van der Waals surface area (Å²) in [4.78, 5) is 33.2. The average Bonchev–Trinajstić information content (AvgIpc) is 3.46. The molecule has 10 heteroatoms. The van der Waals surface area contributed by atoms with Crippen molar-refractivity contribution in [1.29, 1.82) is 0 Å². The van der Waals surface area contributed by atoms with E-state index in [1.54, 1.807) is 12.1 Å². The predicted octanol–water partition coefficient (Wildman–Crippen LogP) is 2.33. The maximum Gasteiger partial charge on any atom is 0.269 e. The van der Waals surface area contributed by atoms with Gasteiger partial charge >= 0.3 is 0 Å². The number of hydrogen-bond acceptors (Lipinski definition) is 7. The number of carbonyl (C=O) groups is 1. The van der Waals surface area contributed by atoms with Gasteiger partial charge in [-0.3, -0.25) is 14.9 Å². The molecule has 3 unspecified atom stereocenters. The second kappa shape index (κ2) is 6.61. The van der Waals surface area contributed by atoms with Gasteiger partial charge in [0.2, 0.25) is 5.91 Å². The van der Waals surface area contributed by atoms with E-state index in [9.17, 15) is 14.9 Å². The first-order valence-electron chi connectivity index (χ1n) is 9.64. The molecule has 1 saturated heterocycles. The minimum atomic E-state index is -0.446. The summed E-state index contributed by atoms with van der Waals surface area (Å²) in [6, 6.07) is 6.14. The molecule has 2 aliphatic rings. The van der Waals surface area contributed by atoms with E-state index in [2.05, 4.69) is 16.5 Å². The van der Waals surface area contributed by atoms with E-state index in [1.807, 2.05) is 9.58 Å².